The molecule has 3 nitrogen and oxygen atoms in total. The van der Waals surface area contributed by atoms with Crippen molar-refractivity contribution >= 4 is 33.2 Å². The van der Waals surface area contributed by atoms with Gasteiger partial charge in [-0.25, -0.2) is 0 Å². The molecule has 1 rings (SSSR count). The van der Waals surface area contributed by atoms with E-state index < -0.39 is 5.41 Å². The van der Waals surface area contributed by atoms with Crippen LogP contribution in [0.1, 0.15) is 25.1 Å². The third-order valence-electron chi connectivity index (χ3n) is 2.88. The molecule has 1 amide bonds. The van der Waals surface area contributed by atoms with Crippen molar-refractivity contribution in [3.8, 4) is 0 Å². The molecule has 0 saturated carbocycles. The minimum atomic E-state index is -0.455. The normalized spacial score (nSPS) is 14.5. The van der Waals surface area contributed by atoms with Crippen molar-refractivity contribution < 1.29 is 4.79 Å². The summed E-state index contributed by atoms with van der Waals surface area (Å²) in [6.07, 6.45) is 0.751. The largest absolute Gasteiger partial charge is 0.351 e. The molecule has 0 bridgehead atoms. The van der Waals surface area contributed by atoms with Crippen molar-refractivity contribution in [2.24, 2.45) is 11.1 Å². The number of carbonyl (C=O) groups excluding carboxylic acids is 1. The summed E-state index contributed by atoms with van der Waals surface area (Å²) in [7, 11) is 0. The van der Waals surface area contributed by atoms with Gasteiger partial charge in [0.2, 0.25) is 5.91 Å². The van der Waals surface area contributed by atoms with E-state index in [9.17, 15) is 4.79 Å². The van der Waals surface area contributed by atoms with Gasteiger partial charge in [-0.1, -0.05) is 6.92 Å². The van der Waals surface area contributed by atoms with Crippen molar-refractivity contribution in [2.45, 2.75) is 26.8 Å². The highest BCUT2D eigenvalue weighted by atomic mass is 79.9. The zero-order chi connectivity index (χ0) is 12.2. The van der Waals surface area contributed by atoms with E-state index in [0.29, 0.717) is 13.1 Å². The van der Waals surface area contributed by atoms with Crippen LogP contribution in [0.25, 0.3) is 0 Å². The van der Waals surface area contributed by atoms with Gasteiger partial charge in [-0.2, -0.15) is 0 Å². The molecule has 1 heterocycles. The van der Waals surface area contributed by atoms with E-state index in [0.717, 1.165) is 15.8 Å². The van der Waals surface area contributed by atoms with E-state index in [1.54, 1.807) is 11.3 Å². The van der Waals surface area contributed by atoms with E-state index in [4.69, 9.17) is 5.73 Å². The van der Waals surface area contributed by atoms with Crippen LogP contribution in [0.3, 0.4) is 0 Å². The number of rotatable bonds is 5. The van der Waals surface area contributed by atoms with Crippen LogP contribution in [0.4, 0.5) is 0 Å². The molecule has 0 aromatic carbocycles. The fraction of sp³-hybridized carbons (Fsp3) is 0.545. The summed E-state index contributed by atoms with van der Waals surface area (Å²) < 4.78 is 1.05. The summed E-state index contributed by atoms with van der Waals surface area (Å²) in [6, 6.07) is 1.98. The number of amides is 1. The van der Waals surface area contributed by atoms with Crippen molar-refractivity contribution in [1.29, 1.82) is 0 Å². The predicted molar refractivity (Wildman–Crippen MR) is 71.3 cm³/mol. The molecule has 1 unspecified atom stereocenters. The maximum Gasteiger partial charge on any atom is 0.227 e. The average molecular weight is 305 g/mol. The van der Waals surface area contributed by atoms with E-state index in [-0.39, 0.29) is 5.91 Å². The van der Waals surface area contributed by atoms with Gasteiger partial charge >= 0.3 is 0 Å². The van der Waals surface area contributed by atoms with Crippen molar-refractivity contribution in [2.75, 3.05) is 6.54 Å². The van der Waals surface area contributed by atoms with Crippen LogP contribution in [0.2, 0.25) is 0 Å². The second-order valence-corrected chi connectivity index (χ2v) is 5.85. The van der Waals surface area contributed by atoms with Gasteiger partial charge in [0.05, 0.1) is 12.0 Å². The summed E-state index contributed by atoms with van der Waals surface area (Å²) in [5.41, 5.74) is 5.18. The lowest BCUT2D eigenvalue weighted by atomic mass is 9.87. The van der Waals surface area contributed by atoms with Gasteiger partial charge in [-0.05, 0) is 40.7 Å². The monoisotopic (exact) mass is 304 g/mol. The molecule has 0 aliphatic rings. The quantitative estimate of drug-likeness (QED) is 0.878. The third kappa shape index (κ3) is 3.06. The van der Waals surface area contributed by atoms with E-state index in [1.165, 1.54) is 0 Å². The van der Waals surface area contributed by atoms with Gasteiger partial charge in [-0.3, -0.25) is 4.79 Å². The Bertz CT molecular complexity index is 361. The van der Waals surface area contributed by atoms with Gasteiger partial charge in [0, 0.05) is 15.9 Å². The zero-order valence-corrected chi connectivity index (χ0v) is 12.0. The molecule has 1 aromatic rings. The first-order chi connectivity index (χ1) is 7.53. The van der Waals surface area contributed by atoms with Gasteiger partial charge in [0.25, 0.3) is 0 Å². The summed E-state index contributed by atoms with van der Waals surface area (Å²) in [6.45, 7) is 4.81. The molecular weight excluding hydrogens is 288 g/mol. The molecule has 0 spiro atoms. The average Bonchev–Trinajstić information content (AvgIpc) is 2.70. The first kappa shape index (κ1) is 13.7. The lowest BCUT2D eigenvalue weighted by Crippen LogP contribution is -2.43. The van der Waals surface area contributed by atoms with Crippen LogP contribution in [0.15, 0.2) is 15.9 Å². The van der Waals surface area contributed by atoms with Crippen LogP contribution in [0.5, 0.6) is 0 Å². The van der Waals surface area contributed by atoms with Crippen molar-refractivity contribution in [3.05, 3.63) is 20.8 Å². The van der Waals surface area contributed by atoms with E-state index in [2.05, 4.69) is 21.2 Å². The second kappa shape index (κ2) is 5.80. The molecule has 5 heteroatoms. The number of hydrogen-bond acceptors (Lipinski definition) is 3. The van der Waals surface area contributed by atoms with Crippen LogP contribution in [-0.2, 0) is 11.3 Å². The number of halogens is 1. The standard InChI is InChI=1S/C11H17BrN2OS/c1-3-11(2,7-13)10(15)14-6-9-8(12)4-5-16-9/h4-5H,3,6-7,13H2,1-2H3,(H,14,15). The molecule has 0 radical (unpaired) electrons. The highest BCUT2D eigenvalue weighted by molar-refractivity contribution is 9.10. The Morgan fingerprint density at radius 1 is 1.69 bits per heavy atom. The maximum absolute atomic E-state index is 11.9. The SMILES string of the molecule is CCC(C)(CN)C(=O)NCc1sccc1Br. The lowest BCUT2D eigenvalue weighted by molar-refractivity contribution is -0.130. The van der Waals surface area contributed by atoms with Crippen LogP contribution in [0, 0.1) is 5.41 Å². The molecule has 16 heavy (non-hydrogen) atoms. The van der Waals surface area contributed by atoms with Crippen LogP contribution < -0.4 is 11.1 Å². The molecular formula is C11H17BrN2OS. The third-order valence-corrected chi connectivity index (χ3v) is 4.81. The van der Waals surface area contributed by atoms with Crippen LogP contribution in [-0.4, -0.2) is 12.5 Å². The molecule has 0 saturated heterocycles. The number of nitrogens with one attached hydrogen (secondary N) is 1. The smallest absolute Gasteiger partial charge is 0.227 e. The Morgan fingerprint density at radius 2 is 2.38 bits per heavy atom. The van der Waals surface area contributed by atoms with Gasteiger partial charge in [0.1, 0.15) is 0 Å². The van der Waals surface area contributed by atoms with Gasteiger partial charge in [0.15, 0.2) is 0 Å². The minimum Gasteiger partial charge on any atom is -0.351 e. The predicted octanol–water partition coefficient (Wildman–Crippen LogP) is 2.50. The number of carbonyl (C=O) groups is 1. The highest BCUT2D eigenvalue weighted by Crippen LogP contribution is 2.23. The Morgan fingerprint density at radius 3 is 2.81 bits per heavy atom. The molecule has 0 fully saturated rings. The summed E-state index contributed by atoms with van der Waals surface area (Å²) in [5, 5.41) is 4.92. The lowest BCUT2D eigenvalue weighted by Gasteiger charge is -2.24. The van der Waals surface area contributed by atoms with Gasteiger partial charge in [-0.15, -0.1) is 11.3 Å². The molecule has 0 aliphatic carbocycles. The molecule has 1 atom stereocenters. The molecule has 90 valence electrons. The highest BCUT2D eigenvalue weighted by Gasteiger charge is 2.29. The summed E-state index contributed by atoms with van der Waals surface area (Å²) in [4.78, 5) is 13.1. The number of thiophene rings is 1. The van der Waals surface area contributed by atoms with Crippen molar-refractivity contribution in [1.82, 2.24) is 5.32 Å². The first-order valence-corrected chi connectivity index (χ1v) is 6.91. The fourth-order valence-corrected chi connectivity index (χ4v) is 2.65. The first-order valence-electron chi connectivity index (χ1n) is 5.23. The fourth-order valence-electron chi connectivity index (χ4n) is 1.22. The van der Waals surface area contributed by atoms with Gasteiger partial charge < -0.3 is 11.1 Å². The van der Waals surface area contributed by atoms with Crippen molar-refractivity contribution in [3.63, 3.8) is 0 Å². The zero-order valence-electron chi connectivity index (χ0n) is 9.55. The topological polar surface area (TPSA) is 55.1 Å². The van der Waals surface area contributed by atoms with E-state index >= 15 is 0 Å². The Kier molecular flexibility index (Phi) is 4.95. The number of nitrogens with two attached hydrogens (primary N) is 1. The van der Waals surface area contributed by atoms with Crippen LogP contribution >= 0.6 is 27.3 Å². The Balaban J connectivity index is 2.56. The molecule has 1 aromatic heterocycles. The Hall–Kier alpha value is -0.390. The molecule has 0 aliphatic heterocycles. The summed E-state index contributed by atoms with van der Waals surface area (Å²) in [5.74, 6) is 0.0257. The minimum absolute atomic E-state index is 0.0257. The summed E-state index contributed by atoms with van der Waals surface area (Å²) >= 11 is 5.06. The van der Waals surface area contributed by atoms with E-state index in [1.807, 2.05) is 25.3 Å². The molecule has 3 N–H and O–H groups in total. The number of hydrogen-bond donors (Lipinski definition) is 2. The second-order valence-electron chi connectivity index (χ2n) is 3.99. The Labute approximate surface area is 109 Å². The maximum atomic E-state index is 11.9.